The molecule has 1 N–H and O–H groups in total. The van der Waals surface area contributed by atoms with Crippen LogP contribution >= 0.6 is 0 Å². The highest BCUT2D eigenvalue weighted by molar-refractivity contribution is 5.92. The van der Waals surface area contributed by atoms with Gasteiger partial charge in [0.15, 0.2) is 0 Å². The molecule has 5 heteroatoms. The minimum Gasteiger partial charge on any atom is -0.395 e. The zero-order valence-corrected chi connectivity index (χ0v) is 10.8. The maximum Gasteiger partial charge on any atom is 0.272 e. The third kappa shape index (κ3) is 3.06. The van der Waals surface area contributed by atoms with Crippen LogP contribution in [0.4, 0.5) is 0 Å². The summed E-state index contributed by atoms with van der Waals surface area (Å²) in [4.78, 5) is 14.1. The van der Waals surface area contributed by atoms with Crippen molar-refractivity contribution in [3.05, 3.63) is 18.0 Å². The lowest BCUT2D eigenvalue weighted by molar-refractivity contribution is 0.0611. The molecule has 17 heavy (non-hydrogen) atoms. The second-order valence-electron chi connectivity index (χ2n) is 4.03. The molecule has 0 bridgehead atoms. The van der Waals surface area contributed by atoms with Crippen LogP contribution in [0.15, 0.2) is 12.3 Å². The Labute approximate surface area is 102 Å². The molecule has 0 fully saturated rings. The van der Waals surface area contributed by atoms with Crippen LogP contribution in [0, 0.1) is 0 Å². The molecule has 0 aromatic carbocycles. The number of hydrogen-bond acceptors (Lipinski definition) is 3. The maximum atomic E-state index is 12.3. The van der Waals surface area contributed by atoms with Gasteiger partial charge in [-0.05, 0) is 18.9 Å². The van der Waals surface area contributed by atoms with Gasteiger partial charge in [0.05, 0.1) is 6.61 Å². The van der Waals surface area contributed by atoms with Gasteiger partial charge in [0.1, 0.15) is 5.69 Å². The number of aliphatic hydroxyl groups excluding tert-OH is 1. The maximum absolute atomic E-state index is 12.3. The Morgan fingerprint density at radius 3 is 2.59 bits per heavy atom. The van der Waals surface area contributed by atoms with Crippen LogP contribution < -0.4 is 0 Å². The van der Waals surface area contributed by atoms with E-state index in [0.717, 1.165) is 12.8 Å². The van der Waals surface area contributed by atoms with E-state index in [-0.39, 0.29) is 18.6 Å². The summed E-state index contributed by atoms with van der Waals surface area (Å²) in [5.74, 6) is -0.0623. The molecule has 0 aliphatic carbocycles. The first-order chi connectivity index (χ1) is 8.15. The van der Waals surface area contributed by atoms with Crippen LogP contribution in [0.1, 0.15) is 37.2 Å². The Morgan fingerprint density at radius 2 is 2.18 bits per heavy atom. The zero-order chi connectivity index (χ0) is 12.8. The quantitative estimate of drug-likeness (QED) is 0.807. The van der Waals surface area contributed by atoms with Crippen molar-refractivity contribution >= 4 is 5.91 Å². The normalized spacial score (nSPS) is 10.9. The van der Waals surface area contributed by atoms with Crippen LogP contribution in [-0.4, -0.2) is 44.9 Å². The molecule has 1 rings (SSSR count). The van der Waals surface area contributed by atoms with Gasteiger partial charge in [-0.2, -0.15) is 5.10 Å². The SMILES string of the molecule is CCC(CC)N(CCO)C(=O)c1ccnn1C. The fraction of sp³-hybridized carbons (Fsp3) is 0.667. The smallest absolute Gasteiger partial charge is 0.272 e. The average molecular weight is 239 g/mol. The third-order valence-electron chi connectivity index (χ3n) is 3.03. The first kappa shape index (κ1) is 13.7. The molecule has 96 valence electrons. The van der Waals surface area contributed by atoms with E-state index < -0.39 is 0 Å². The van der Waals surface area contributed by atoms with Gasteiger partial charge in [0.25, 0.3) is 5.91 Å². The lowest BCUT2D eigenvalue weighted by Gasteiger charge is -2.29. The van der Waals surface area contributed by atoms with E-state index in [1.165, 1.54) is 0 Å². The number of carbonyl (C=O) groups excluding carboxylic acids is 1. The molecular weight excluding hydrogens is 218 g/mol. The number of aliphatic hydroxyl groups is 1. The van der Waals surface area contributed by atoms with Gasteiger partial charge in [0.2, 0.25) is 0 Å². The van der Waals surface area contributed by atoms with Gasteiger partial charge in [-0.15, -0.1) is 0 Å². The van der Waals surface area contributed by atoms with Gasteiger partial charge in [-0.1, -0.05) is 13.8 Å². The first-order valence-corrected chi connectivity index (χ1v) is 6.05. The second kappa shape index (κ2) is 6.39. The van der Waals surface area contributed by atoms with Crippen molar-refractivity contribution in [2.45, 2.75) is 32.7 Å². The van der Waals surface area contributed by atoms with Crippen molar-refractivity contribution in [2.24, 2.45) is 7.05 Å². The highest BCUT2D eigenvalue weighted by atomic mass is 16.3. The fourth-order valence-corrected chi connectivity index (χ4v) is 2.02. The lowest BCUT2D eigenvalue weighted by atomic mass is 10.1. The summed E-state index contributed by atoms with van der Waals surface area (Å²) >= 11 is 0. The van der Waals surface area contributed by atoms with E-state index in [1.807, 2.05) is 0 Å². The Balaban J connectivity index is 2.91. The van der Waals surface area contributed by atoms with E-state index in [0.29, 0.717) is 12.2 Å². The van der Waals surface area contributed by atoms with Crippen LogP contribution in [0.2, 0.25) is 0 Å². The van der Waals surface area contributed by atoms with E-state index >= 15 is 0 Å². The Bertz CT molecular complexity index is 358. The molecule has 1 amide bonds. The highest BCUT2D eigenvalue weighted by Crippen LogP contribution is 2.12. The molecule has 0 aliphatic rings. The van der Waals surface area contributed by atoms with Crippen LogP contribution in [0.3, 0.4) is 0 Å². The number of nitrogens with zero attached hydrogens (tertiary/aromatic N) is 3. The number of aromatic nitrogens is 2. The van der Waals surface area contributed by atoms with Crippen molar-refractivity contribution in [1.29, 1.82) is 0 Å². The van der Waals surface area contributed by atoms with Gasteiger partial charge >= 0.3 is 0 Å². The number of hydrogen-bond donors (Lipinski definition) is 1. The van der Waals surface area contributed by atoms with E-state index in [1.54, 1.807) is 28.9 Å². The number of rotatable bonds is 6. The Kier molecular flexibility index (Phi) is 5.15. The van der Waals surface area contributed by atoms with E-state index in [2.05, 4.69) is 18.9 Å². The van der Waals surface area contributed by atoms with Gasteiger partial charge in [-0.25, -0.2) is 0 Å². The van der Waals surface area contributed by atoms with Gasteiger partial charge in [0, 0.05) is 25.8 Å². The number of amides is 1. The molecule has 0 atom stereocenters. The third-order valence-corrected chi connectivity index (χ3v) is 3.03. The summed E-state index contributed by atoms with van der Waals surface area (Å²) in [6.07, 6.45) is 3.39. The monoisotopic (exact) mass is 239 g/mol. The highest BCUT2D eigenvalue weighted by Gasteiger charge is 2.23. The average Bonchev–Trinajstić information content (AvgIpc) is 2.75. The molecule has 5 nitrogen and oxygen atoms in total. The summed E-state index contributed by atoms with van der Waals surface area (Å²) in [6.45, 7) is 4.46. The standard InChI is InChI=1S/C12H21N3O2/c1-4-10(5-2)15(8-9-16)12(17)11-6-7-13-14(11)3/h6-7,10,16H,4-5,8-9H2,1-3H3. The summed E-state index contributed by atoms with van der Waals surface area (Å²) < 4.78 is 1.56. The van der Waals surface area contributed by atoms with E-state index in [9.17, 15) is 4.79 Å². The van der Waals surface area contributed by atoms with Crippen molar-refractivity contribution in [1.82, 2.24) is 14.7 Å². The molecule has 1 aromatic heterocycles. The minimum atomic E-state index is -0.0623. The lowest BCUT2D eigenvalue weighted by Crippen LogP contribution is -2.42. The van der Waals surface area contributed by atoms with Crippen molar-refractivity contribution in [3.63, 3.8) is 0 Å². The van der Waals surface area contributed by atoms with Crippen molar-refractivity contribution < 1.29 is 9.90 Å². The summed E-state index contributed by atoms with van der Waals surface area (Å²) in [6, 6.07) is 1.87. The largest absolute Gasteiger partial charge is 0.395 e. The molecule has 0 aliphatic heterocycles. The Morgan fingerprint density at radius 1 is 1.53 bits per heavy atom. The molecular formula is C12H21N3O2. The summed E-state index contributed by atoms with van der Waals surface area (Å²) in [5.41, 5.74) is 0.561. The Hall–Kier alpha value is -1.36. The topological polar surface area (TPSA) is 58.4 Å². The second-order valence-corrected chi connectivity index (χ2v) is 4.03. The minimum absolute atomic E-state index is 0.0138. The predicted octanol–water partition coefficient (Wildman–Crippen LogP) is 1.04. The molecule has 0 unspecified atom stereocenters. The van der Waals surface area contributed by atoms with Crippen LogP contribution in [-0.2, 0) is 7.05 Å². The van der Waals surface area contributed by atoms with Gasteiger partial charge in [-0.3, -0.25) is 9.48 Å². The first-order valence-electron chi connectivity index (χ1n) is 6.05. The van der Waals surface area contributed by atoms with Gasteiger partial charge < -0.3 is 10.0 Å². The van der Waals surface area contributed by atoms with Crippen molar-refractivity contribution in [2.75, 3.05) is 13.2 Å². The number of aryl methyl sites for hydroxylation is 1. The molecule has 1 aromatic rings. The van der Waals surface area contributed by atoms with Crippen LogP contribution in [0.5, 0.6) is 0 Å². The molecule has 0 spiro atoms. The molecule has 0 saturated heterocycles. The molecule has 1 heterocycles. The molecule has 0 radical (unpaired) electrons. The summed E-state index contributed by atoms with van der Waals surface area (Å²) in [5, 5.41) is 13.1. The zero-order valence-electron chi connectivity index (χ0n) is 10.8. The predicted molar refractivity (Wildman–Crippen MR) is 65.7 cm³/mol. The van der Waals surface area contributed by atoms with Crippen molar-refractivity contribution in [3.8, 4) is 0 Å². The number of carbonyl (C=O) groups is 1. The molecule has 0 saturated carbocycles. The van der Waals surface area contributed by atoms with E-state index in [4.69, 9.17) is 5.11 Å². The van der Waals surface area contributed by atoms with Crippen LogP contribution in [0.25, 0.3) is 0 Å². The fourth-order valence-electron chi connectivity index (χ4n) is 2.02. The summed E-state index contributed by atoms with van der Waals surface area (Å²) in [7, 11) is 1.75.